The third-order valence-electron chi connectivity index (χ3n) is 3.39. The first kappa shape index (κ1) is 13.1. The van der Waals surface area contributed by atoms with Gasteiger partial charge in [-0.15, -0.1) is 11.3 Å². The van der Waals surface area contributed by atoms with Crippen molar-refractivity contribution in [1.82, 2.24) is 10.3 Å². The molecule has 5 heteroatoms. The van der Waals surface area contributed by atoms with E-state index in [0.717, 1.165) is 29.2 Å². The van der Waals surface area contributed by atoms with Gasteiger partial charge in [-0.05, 0) is 18.6 Å². The van der Waals surface area contributed by atoms with Crippen molar-refractivity contribution in [2.45, 2.75) is 25.8 Å². The number of para-hydroxylation sites is 1. The van der Waals surface area contributed by atoms with E-state index in [9.17, 15) is 4.79 Å². The van der Waals surface area contributed by atoms with Gasteiger partial charge < -0.3 is 10.6 Å². The number of anilines is 1. The maximum absolute atomic E-state index is 12.1. The fourth-order valence-electron chi connectivity index (χ4n) is 2.39. The molecule has 0 bridgehead atoms. The predicted molar refractivity (Wildman–Crippen MR) is 81.1 cm³/mol. The van der Waals surface area contributed by atoms with Crippen LogP contribution in [0.25, 0.3) is 0 Å². The molecule has 0 saturated heterocycles. The van der Waals surface area contributed by atoms with E-state index in [1.807, 2.05) is 30.5 Å². The third-order valence-corrected chi connectivity index (χ3v) is 4.42. The lowest BCUT2D eigenvalue weighted by Crippen LogP contribution is -2.39. The van der Waals surface area contributed by atoms with Crippen molar-refractivity contribution in [2.24, 2.45) is 0 Å². The topological polar surface area (TPSA) is 54.0 Å². The Balaban J connectivity index is 1.49. The molecule has 0 aliphatic carbocycles. The summed E-state index contributed by atoms with van der Waals surface area (Å²) < 4.78 is 0. The Labute approximate surface area is 122 Å². The van der Waals surface area contributed by atoms with Gasteiger partial charge in [0.1, 0.15) is 6.04 Å². The van der Waals surface area contributed by atoms with Gasteiger partial charge in [0.05, 0.1) is 5.01 Å². The lowest BCUT2D eigenvalue weighted by molar-refractivity contribution is -0.121. The second kappa shape index (κ2) is 5.63. The van der Waals surface area contributed by atoms with Gasteiger partial charge in [0.2, 0.25) is 5.91 Å². The van der Waals surface area contributed by atoms with Gasteiger partial charge in [0, 0.05) is 36.1 Å². The second-order valence-electron chi connectivity index (χ2n) is 4.98. The number of thiazole rings is 1. The van der Waals surface area contributed by atoms with Crippen LogP contribution < -0.4 is 10.6 Å². The van der Waals surface area contributed by atoms with Crippen LogP contribution in [-0.2, 0) is 17.6 Å². The van der Waals surface area contributed by atoms with E-state index in [4.69, 9.17) is 0 Å². The normalized spacial score (nSPS) is 16.6. The van der Waals surface area contributed by atoms with Crippen LogP contribution in [-0.4, -0.2) is 23.5 Å². The van der Waals surface area contributed by atoms with Crippen molar-refractivity contribution in [1.29, 1.82) is 0 Å². The fraction of sp³-hybridized carbons (Fsp3) is 0.333. The van der Waals surface area contributed by atoms with E-state index in [0.29, 0.717) is 6.54 Å². The van der Waals surface area contributed by atoms with Crippen molar-refractivity contribution >= 4 is 22.9 Å². The Morgan fingerprint density at radius 2 is 2.35 bits per heavy atom. The number of aryl methyl sites for hydroxylation is 1. The van der Waals surface area contributed by atoms with Crippen LogP contribution in [0, 0.1) is 6.92 Å². The van der Waals surface area contributed by atoms with E-state index in [-0.39, 0.29) is 11.9 Å². The van der Waals surface area contributed by atoms with Crippen molar-refractivity contribution in [3.05, 3.63) is 45.9 Å². The summed E-state index contributed by atoms with van der Waals surface area (Å²) in [6.07, 6.45) is 1.56. The number of carbonyl (C=O) groups is 1. The summed E-state index contributed by atoms with van der Waals surface area (Å²) in [5.41, 5.74) is 3.33. The number of hydrogen-bond acceptors (Lipinski definition) is 4. The first-order chi connectivity index (χ1) is 9.72. The number of nitrogens with one attached hydrogen (secondary N) is 2. The van der Waals surface area contributed by atoms with E-state index in [2.05, 4.69) is 21.7 Å². The molecule has 2 N–H and O–H groups in total. The highest BCUT2D eigenvalue weighted by atomic mass is 32.1. The summed E-state index contributed by atoms with van der Waals surface area (Å²) in [6.45, 7) is 2.62. The largest absolute Gasteiger partial charge is 0.373 e. The molecule has 3 rings (SSSR count). The van der Waals surface area contributed by atoms with E-state index >= 15 is 0 Å². The molecule has 1 aliphatic rings. The smallest absolute Gasteiger partial charge is 0.242 e. The molecule has 2 aromatic rings. The SMILES string of the molecule is Cc1csc(CCNC(=O)C2Cc3ccccc3N2)n1. The lowest BCUT2D eigenvalue weighted by atomic mass is 10.1. The summed E-state index contributed by atoms with van der Waals surface area (Å²) in [4.78, 5) is 16.5. The van der Waals surface area contributed by atoms with Crippen molar-refractivity contribution < 1.29 is 4.79 Å². The zero-order valence-corrected chi connectivity index (χ0v) is 12.2. The molecule has 1 amide bonds. The summed E-state index contributed by atoms with van der Waals surface area (Å²) >= 11 is 1.65. The Bertz CT molecular complexity index is 598. The Kier molecular flexibility index (Phi) is 3.69. The summed E-state index contributed by atoms with van der Waals surface area (Å²) in [6, 6.07) is 7.92. The number of amides is 1. The van der Waals surface area contributed by atoms with Crippen LogP contribution in [0.5, 0.6) is 0 Å². The minimum Gasteiger partial charge on any atom is -0.373 e. The minimum absolute atomic E-state index is 0.0643. The molecule has 1 aliphatic heterocycles. The zero-order chi connectivity index (χ0) is 13.9. The molecule has 2 heterocycles. The number of aromatic nitrogens is 1. The molecule has 1 aromatic heterocycles. The zero-order valence-electron chi connectivity index (χ0n) is 11.3. The van der Waals surface area contributed by atoms with Crippen LogP contribution in [0.2, 0.25) is 0 Å². The number of carbonyl (C=O) groups excluding carboxylic acids is 1. The molecule has 20 heavy (non-hydrogen) atoms. The third kappa shape index (κ3) is 2.82. The van der Waals surface area contributed by atoms with Crippen LogP contribution in [0.15, 0.2) is 29.6 Å². The van der Waals surface area contributed by atoms with Gasteiger partial charge in [0.25, 0.3) is 0 Å². The maximum Gasteiger partial charge on any atom is 0.242 e. The molecule has 4 nitrogen and oxygen atoms in total. The van der Waals surface area contributed by atoms with Crippen LogP contribution in [0.3, 0.4) is 0 Å². The van der Waals surface area contributed by atoms with Gasteiger partial charge in [-0.2, -0.15) is 0 Å². The van der Waals surface area contributed by atoms with Crippen molar-refractivity contribution in [3.8, 4) is 0 Å². The summed E-state index contributed by atoms with van der Waals surface area (Å²) in [5.74, 6) is 0.0643. The Hall–Kier alpha value is -1.88. The minimum atomic E-state index is -0.148. The second-order valence-corrected chi connectivity index (χ2v) is 5.92. The average molecular weight is 287 g/mol. The quantitative estimate of drug-likeness (QED) is 0.906. The lowest BCUT2D eigenvalue weighted by Gasteiger charge is -2.11. The molecule has 0 fully saturated rings. The number of benzene rings is 1. The average Bonchev–Trinajstić information content (AvgIpc) is 3.04. The molecule has 0 radical (unpaired) electrons. The highest BCUT2D eigenvalue weighted by Crippen LogP contribution is 2.25. The number of rotatable bonds is 4. The molecule has 0 spiro atoms. The molecule has 1 unspecified atom stereocenters. The molecule has 1 aromatic carbocycles. The molecular formula is C15H17N3OS. The predicted octanol–water partition coefficient (Wildman–Crippen LogP) is 2.15. The standard InChI is InChI=1S/C15H17N3OS/c1-10-9-20-14(17-10)6-7-16-15(19)13-8-11-4-2-3-5-12(11)18-13/h2-5,9,13,18H,6-8H2,1H3,(H,16,19). The monoisotopic (exact) mass is 287 g/mol. The Morgan fingerprint density at radius 1 is 1.50 bits per heavy atom. The maximum atomic E-state index is 12.1. The van der Waals surface area contributed by atoms with Gasteiger partial charge in [0.15, 0.2) is 0 Å². The molecular weight excluding hydrogens is 270 g/mol. The van der Waals surface area contributed by atoms with Crippen LogP contribution >= 0.6 is 11.3 Å². The van der Waals surface area contributed by atoms with E-state index in [1.165, 1.54) is 5.56 Å². The van der Waals surface area contributed by atoms with Gasteiger partial charge >= 0.3 is 0 Å². The van der Waals surface area contributed by atoms with Crippen LogP contribution in [0.1, 0.15) is 16.3 Å². The fourth-order valence-corrected chi connectivity index (χ4v) is 3.17. The van der Waals surface area contributed by atoms with Crippen LogP contribution in [0.4, 0.5) is 5.69 Å². The van der Waals surface area contributed by atoms with Gasteiger partial charge in [-0.1, -0.05) is 18.2 Å². The van der Waals surface area contributed by atoms with Gasteiger partial charge in [-0.25, -0.2) is 4.98 Å². The first-order valence-electron chi connectivity index (χ1n) is 6.75. The Morgan fingerprint density at radius 3 is 3.10 bits per heavy atom. The highest BCUT2D eigenvalue weighted by Gasteiger charge is 2.25. The number of nitrogens with zero attached hydrogens (tertiary/aromatic N) is 1. The van der Waals surface area contributed by atoms with Crippen molar-refractivity contribution in [3.63, 3.8) is 0 Å². The summed E-state index contributed by atoms with van der Waals surface area (Å²) in [7, 11) is 0. The molecule has 1 atom stereocenters. The molecule has 0 saturated carbocycles. The first-order valence-corrected chi connectivity index (χ1v) is 7.63. The number of hydrogen-bond donors (Lipinski definition) is 2. The van der Waals surface area contributed by atoms with Gasteiger partial charge in [-0.3, -0.25) is 4.79 Å². The number of fused-ring (bicyclic) bond motifs is 1. The summed E-state index contributed by atoms with van der Waals surface area (Å²) in [5, 5.41) is 9.35. The highest BCUT2D eigenvalue weighted by molar-refractivity contribution is 7.09. The van der Waals surface area contributed by atoms with Crippen molar-refractivity contribution in [2.75, 3.05) is 11.9 Å². The van der Waals surface area contributed by atoms with E-state index in [1.54, 1.807) is 11.3 Å². The molecule has 104 valence electrons. The van der Waals surface area contributed by atoms with E-state index < -0.39 is 0 Å².